The van der Waals surface area contributed by atoms with Crippen LogP contribution in [0.15, 0.2) is 59.5 Å². The number of nitrogens with zero attached hydrogens (tertiary/aromatic N) is 1. The van der Waals surface area contributed by atoms with Crippen LogP contribution in [0.1, 0.15) is 11.1 Å². The first-order valence-corrected chi connectivity index (χ1v) is 10.5. The molecule has 2 aliphatic rings. The predicted octanol–water partition coefficient (Wildman–Crippen LogP) is 1.59. The minimum absolute atomic E-state index is 0.0455. The molecule has 2 saturated heterocycles. The molecule has 0 amide bonds. The molecule has 8 heteroatoms. The Morgan fingerprint density at radius 3 is 2.54 bits per heavy atom. The van der Waals surface area contributed by atoms with E-state index in [9.17, 15) is 13.7 Å². The van der Waals surface area contributed by atoms with Crippen LogP contribution in [-0.2, 0) is 30.8 Å². The maximum atomic E-state index is 12.7. The predicted molar refractivity (Wildman–Crippen MR) is 99.8 cm³/mol. The van der Waals surface area contributed by atoms with E-state index in [1.165, 1.54) is 12.1 Å². The molecule has 2 aromatic carbocycles. The highest BCUT2D eigenvalue weighted by Crippen LogP contribution is 2.30. The molecule has 2 aliphatic heterocycles. The Morgan fingerprint density at radius 1 is 1.04 bits per heavy atom. The molecular formula is C20H20N2O5S. The first-order chi connectivity index (χ1) is 13.6. The maximum absolute atomic E-state index is 12.7. The van der Waals surface area contributed by atoms with Gasteiger partial charge >= 0.3 is 0 Å². The third-order valence-electron chi connectivity index (χ3n) is 4.92. The molecule has 7 nitrogen and oxygen atoms in total. The Kier molecular flexibility index (Phi) is 5.44. The normalized spacial score (nSPS) is 26.7. The highest BCUT2D eigenvalue weighted by Gasteiger charge is 2.49. The molecule has 0 spiro atoms. The molecular weight excluding hydrogens is 380 g/mol. The van der Waals surface area contributed by atoms with Crippen molar-refractivity contribution in [1.82, 2.24) is 4.72 Å². The fourth-order valence-electron chi connectivity index (χ4n) is 3.54. The summed E-state index contributed by atoms with van der Waals surface area (Å²) < 4.78 is 45.6. The van der Waals surface area contributed by atoms with Crippen LogP contribution >= 0.6 is 0 Å². The Hall–Kier alpha value is -2.28. The van der Waals surface area contributed by atoms with E-state index in [0.29, 0.717) is 13.2 Å². The van der Waals surface area contributed by atoms with Crippen LogP contribution in [0.5, 0.6) is 0 Å². The number of hydrogen-bond acceptors (Lipinski definition) is 6. The Bertz CT molecular complexity index is 974. The number of sulfonamides is 1. The van der Waals surface area contributed by atoms with Gasteiger partial charge in [0, 0.05) is 0 Å². The molecule has 0 aromatic heterocycles. The smallest absolute Gasteiger partial charge is 0.242 e. The number of nitrogens with one attached hydrogen (secondary N) is 1. The van der Waals surface area contributed by atoms with E-state index < -0.39 is 22.2 Å². The minimum atomic E-state index is -3.87. The van der Waals surface area contributed by atoms with Gasteiger partial charge in [0.15, 0.2) is 0 Å². The van der Waals surface area contributed by atoms with Crippen molar-refractivity contribution in [2.24, 2.45) is 0 Å². The van der Waals surface area contributed by atoms with Crippen LogP contribution in [0.3, 0.4) is 0 Å². The molecule has 1 N–H and O–H groups in total. The van der Waals surface area contributed by atoms with Gasteiger partial charge in [0.2, 0.25) is 10.0 Å². The first-order valence-electron chi connectivity index (χ1n) is 8.99. The molecule has 0 saturated carbocycles. The van der Waals surface area contributed by atoms with Gasteiger partial charge in [-0.25, -0.2) is 13.1 Å². The summed E-state index contributed by atoms with van der Waals surface area (Å²) in [4.78, 5) is -0.0455. The number of rotatable bonds is 6. The van der Waals surface area contributed by atoms with Gasteiger partial charge in [-0.1, -0.05) is 42.5 Å². The number of benzene rings is 2. The molecule has 2 aromatic rings. The number of ether oxygens (including phenoxy) is 3. The minimum Gasteiger partial charge on any atom is -0.371 e. The zero-order valence-electron chi connectivity index (χ0n) is 15.0. The second kappa shape index (κ2) is 7.99. The SMILES string of the molecule is N#Cc1ccccc1S(=O)(=O)N[C@H]1CO[C@H]2[C@@H]1OC[C@H]2OCc1ccccc1. The topological polar surface area (TPSA) is 97.7 Å². The standard InChI is InChI=1S/C20H20N2O5S/c21-10-15-8-4-5-9-18(15)28(23,24)22-16-12-26-20-17(13-27-19(16)20)25-11-14-6-2-1-3-7-14/h1-9,16-17,19-20,22H,11-13H2/t16-,17+,19+,20+/m0/s1. The van der Waals surface area contributed by atoms with Gasteiger partial charge in [-0.15, -0.1) is 0 Å². The second-order valence-electron chi connectivity index (χ2n) is 6.77. The number of nitriles is 1. The molecule has 4 atom stereocenters. The summed E-state index contributed by atoms with van der Waals surface area (Å²) in [6.07, 6.45) is -1.02. The van der Waals surface area contributed by atoms with Crippen molar-refractivity contribution in [3.8, 4) is 6.07 Å². The third-order valence-corrected chi connectivity index (χ3v) is 6.47. The summed E-state index contributed by atoms with van der Waals surface area (Å²) in [5.41, 5.74) is 1.15. The molecule has 28 heavy (non-hydrogen) atoms. The highest BCUT2D eigenvalue weighted by atomic mass is 32.2. The molecule has 0 aliphatic carbocycles. The van der Waals surface area contributed by atoms with E-state index in [1.54, 1.807) is 12.1 Å². The van der Waals surface area contributed by atoms with Crippen molar-refractivity contribution in [2.75, 3.05) is 13.2 Å². The fraction of sp³-hybridized carbons (Fsp3) is 0.350. The summed E-state index contributed by atoms with van der Waals surface area (Å²) >= 11 is 0. The van der Waals surface area contributed by atoms with Crippen molar-refractivity contribution >= 4 is 10.0 Å². The van der Waals surface area contributed by atoms with Crippen LogP contribution in [0, 0.1) is 11.3 Å². The Morgan fingerprint density at radius 2 is 1.75 bits per heavy atom. The van der Waals surface area contributed by atoms with Gasteiger partial charge in [0.1, 0.15) is 24.4 Å². The van der Waals surface area contributed by atoms with Crippen molar-refractivity contribution in [2.45, 2.75) is 35.9 Å². The zero-order chi connectivity index (χ0) is 19.6. The monoisotopic (exact) mass is 400 g/mol. The van der Waals surface area contributed by atoms with Crippen LogP contribution in [0.25, 0.3) is 0 Å². The largest absolute Gasteiger partial charge is 0.371 e. The quantitative estimate of drug-likeness (QED) is 0.791. The molecule has 4 rings (SSSR count). The molecule has 146 valence electrons. The molecule has 0 bridgehead atoms. The van der Waals surface area contributed by atoms with Gasteiger partial charge in [-0.2, -0.15) is 5.26 Å². The van der Waals surface area contributed by atoms with Crippen molar-refractivity contribution in [3.05, 3.63) is 65.7 Å². The van der Waals surface area contributed by atoms with Crippen molar-refractivity contribution in [1.29, 1.82) is 5.26 Å². The van der Waals surface area contributed by atoms with Crippen LogP contribution in [-0.4, -0.2) is 46.0 Å². The lowest BCUT2D eigenvalue weighted by atomic mass is 10.1. The highest BCUT2D eigenvalue weighted by molar-refractivity contribution is 7.89. The van der Waals surface area contributed by atoms with E-state index in [2.05, 4.69) is 4.72 Å². The molecule has 0 radical (unpaired) electrons. The van der Waals surface area contributed by atoms with Crippen LogP contribution in [0.4, 0.5) is 0 Å². The molecule has 2 fully saturated rings. The molecule has 2 heterocycles. The zero-order valence-corrected chi connectivity index (χ0v) is 15.8. The lowest BCUT2D eigenvalue weighted by Crippen LogP contribution is -2.44. The lowest BCUT2D eigenvalue weighted by molar-refractivity contribution is -0.0391. The van der Waals surface area contributed by atoms with Gasteiger partial charge in [-0.05, 0) is 17.7 Å². The Labute approximate surface area is 163 Å². The molecule has 0 unspecified atom stereocenters. The summed E-state index contributed by atoms with van der Waals surface area (Å²) in [6.45, 7) is 0.969. The average Bonchev–Trinajstić information content (AvgIpc) is 3.30. The Balaban J connectivity index is 1.41. The summed E-state index contributed by atoms with van der Waals surface area (Å²) in [5, 5.41) is 9.17. The van der Waals surface area contributed by atoms with E-state index in [1.807, 2.05) is 36.4 Å². The second-order valence-corrected chi connectivity index (χ2v) is 8.45. The van der Waals surface area contributed by atoms with Gasteiger partial charge in [0.05, 0.1) is 36.3 Å². The van der Waals surface area contributed by atoms with Crippen molar-refractivity contribution < 1.29 is 22.6 Å². The van der Waals surface area contributed by atoms with Gasteiger partial charge in [-0.3, -0.25) is 0 Å². The van der Waals surface area contributed by atoms with E-state index in [0.717, 1.165) is 5.56 Å². The van der Waals surface area contributed by atoms with Crippen LogP contribution in [0.2, 0.25) is 0 Å². The van der Waals surface area contributed by atoms with Gasteiger partial charge < -0.3 is 14.2 Å². The van der Waals surface area contributed by atoms with E-state index in [4.69, 9.17) is 14.2 Å². The van der Waals surface area contributed by atoms with E-state index in [-0.39, 0.29) is 29.3 Å². The fourth-order valence-corrected chi connectivity index (χ4v) is 4.93. The van der Waals surface area contributed by atoms with E-state index >= 15 is 0 Å². The maximum Gasteiger partial charge on any atom is 0.242 e. The summed E-state index contributed by atoms with van der Waals surface area (Å²) in [5.74, 6) is 0. The summed E-state index contributed by atoms with van der Waals surface area (Å²) in [6, 6.07) is 17.3. The van der Waals surface area contributed by atoms with Crippen LogP contribution < -0.4 is 4.72 Å². The average molecular weight is 400 g/mol. The third kappa shape index (κ3) is 3.81. The first kappa shape index (κ1) is 19.1. The number of hydrogen-bond donors (Lipinski definition) is 1. The number of fused-ring (bicyclic) bond motifs is 1. The summed E-state index contributed by atoms with van der Waals surface area (Å²) in [7, 11) is -3.87. The lowest BCUT2D eigenvalue weighted by Gasteiger charge is -2.18. The van der Waals surface area contributed by atoms with Gasteiger partial charge in [0.25, 0.3) is 0 Å². The van der Waals surface area contributed by atoms with Crippen molar-refractivity contribution in [3.63, 3.8) is 0 Å².